The van der Waals surface area contributed by atoms with Crippen LogP contribution in [0, 0.1) is 0 Å². The van der Waals surface area contributed by atoms with Crippen molar-refractivity contribution in [2.75, 3.05) is 24.8 Å². The molecule has 0 atom stereocenters. The van der Waals surface area contributed by atoms with Crippen molar-refractivity contribution in [3.8, 4) is 5.75 Å². The molecular weight excluding hydrogens is 284 g/mol. The maximum atomic E-state index is 11.8. The van der Waals surface area contributed by atoms with Gasteiger partial charge < -0.3 is 20.5 Å². The van der Waals surface area contributed by atoms with Crippen molar-refractivity contribution in [3.05, 3.63) is 54.1 Å². The summed E-state index contributed by atoms with van der Waals surface area (Å²) in [6.45, 7) is -0.390. The highest BCUT2D eigenvalue weighted by molar-refractivity contribution is 5.98. The summed E-state index contributed by atoms with van der Waals surface area (Å²) in [5.41, 5.74) is 6.79. The number of hydrogen-bond acceptors (Lipinski definition) is 5. The zero-order valence-corrected chi connectivity index (χ0v) is 12.0. The summed E-state index contributed by atoms with van der Waals surface area (Å²) in [5.74, 6) is -0.389. The molecule has 6 nitrogen and oxygen atoms in total. The van der Waals surface area contributed by atoms with Crippen molar-refractivity contribution in [2.24, 2.45) is 0 Å². The van der Waals surface area contributed by atoms with E-state index in [-0.39, 0.29) is 12.2 Å². The fourth-order valence-electron chi connectivity index (χ4n) is 1.76. The highest BCUT2D eigenvalue weighted by atomic mass is 16.5. The quantitative estimate of drug-likeness (QED) is 0.651. The summed E-state index contributed by atoms with van der Waals surface area (Å²) in [5, 5.41) is 2.61. The Morgan fingerprint density at radius 1 is 1.09 bits per heavy atom. The number of carbonyl (C=O) groups excluding carboxylic acids is 2. The number of nitrogens with two attached hydrogens (primary N) is 1. The van der Waals surface area contributed by atoms with Crippen LogP contribution in [0.1, 0.15) is 10.4 Å². The van der Waals surface area contributed by atoms with Crippen molar-refractivity contribution in [2.45, 2.75) is 0 Å². The second-order valence-corrected chi connectivity index (χ2v) is 4.44. The van der Waals surface area contributed by atoms with Crippen molar-refractivity contribution >= 4 is 23.3 Å². The van der Waals surface area contributed by atoms with Gasteiger partial charge in [-0.25, -0.2) is 4.79 Å². The van der Waals surface area contributed by atoms with Gasteiger partial charge in [-0.1, -0.05) is 12.1 Å². The first kappa shape index (κ1) is 15.4. The second-order valence-electron chi connectivity index (χ2n) is 4.44. The number of hydrogen-bond donors (Lipinski definition) is 2. The third kappa shape index (κ3) is 3.99. The fraction of sp³-hybridized carbons (Fsp3) is 0.125. The van der Waals surface area contributed by atoms with E-state index in [2.05, 4.69) is 5.32 Å². The van der Waals surface area contributed by atoms with E-state index in [1.807, 2.05) is 0 Å². The van der Waals surface area contributed by atoms with Crippen LogP contribution in [-0.2, 0) is 9.53 Å². The molecule has 0 unspecified atom stereocenters. The van der Waals surface area contributed by atoms with Crippen molar-refractivity contribution in [3.63, 3.8) is 0 Å². The molecule has 22 heavy (non-hydrogen) atoms. The van der Waals surface area contributed by atoms with Gasteiger partial charge in [-0.2, -0.15) is 0 Å². The maximum Gasteiger partial charge on any atom is 0.340 e. The number of rotatable bonds is 5. The number of anilines is 2. The number of para-hydroxylation sites is 1. The molecule has 0 saturated heterocycles. The van der Waals surface area contributed by atoms with Crippen molar-refractivity contribution in [1.82, 2.24) is 0 Å². The normalized spacial score (nSPS) is 9.86. The van der Waals surface area contributed by atoms with E-state index in [1.165, 1.54) is 0 Å². The van der Waals surface area contributed by atoms with E-state index in [1.54, 1.807) is 55.6 Å². The monoisotopic (exact) mass is 300 g/mol. The molecule has 114 valence electrons. The van der Waals surface area contributed by atoms with Gasteiger partial charge in [0.15, 0.2) is 6.61 Å². The van der Waals surface area contributed by atoms with Crippen LogP contribution in [0.4, 0.5) is 11.4 Å². The predicted octanol–water partition coefficient (Wildman–Crippen LogP) is 2.07. The minimum absolute atomic E-state index is 0.236. The lowest BCUT2D eigenvalue weighted by Gasteiger charge is -2.08. The molecule has 2 aromatic rings. The van der Waals surface area contributed by atoms with Crippen LogP contribution >= 0.6 is 0 Å². The van der Waals surface area contributed by atoms with E-state index in [9.17, 15) is 9.59 Å². The van der Waals surface area contributed by atoms with Crippen LogP contribution in [0.5, 0.6) is 5.75 Å². The average Bonchev–Trinajstić information content (AvgIpc) is 2.54. The number of amides is 1. The van der Waals surface area contributed by atoms with Gasteiger partial charge in [0.2, 0.25) is 0 Å². The fourth-order valence-corrected chi connectivity index (χ4v) is 1.76. The molecule has 6 heteroatoms. The van der Waals surface area contributed by atoms with Gasteiger partial charge in [0, 0.05) is 11.4 Å². The van der Waals surface area contributed by atoms with Gasteiger partial charge in [0.05, 0.1) is 12.7 Å². The highest BCUT2D eigenvalue weighted by Crippen LogP contribution is 2.15. The first-order valence-electron chi connectivity index (χ1n) is 6.55. The number of nitrogens with one attached hydrogen (secondary N) is 1. The third-order valence-corrected chi connectivity index (χ3v) is 2.89. The van der Waals surface area contributed by atoms with Crippen molar-refractivity contribution in [1.29, 1.82) is 0 Å². The second kappa shape index (κ2) is 7.12. The number of nitrogen functional groups attached to an aromatic ring is 1. The van der Waals surface area contributed by atoms with Crippen LogP contribution in [0.2, 0.25) is 0 Å². The Morgan fingerprint density at radius 3 is 2.41 bits per heavy atom. The Labute approximate surface area is 127 Å². The van der Waals surface area contributed by atoms with E-state index < -0.39 is 11.9 Å². The van der Waals surface area contributed by atoms with Crippen molar-refractivity contribution < 1.29 is 19.1 Å². The zero-order valence-electron chi connectivity index (χ0n) is 12.0. The van der Waals surface area contributed by atoms with Crippen LogP contribution in [0.15, 0.2) is 48.5 Å². The molecular formula is C16H16N2O4. The molecule has 0 bridgehead atoms. The Morgan fingerprint density at radius 2 is 1.77 bits per heavy atom. The molecule has 0 saturated carbocycles. The Kier molecular flexibility index (Phi) is 4.98. The highest BCUT2D eigenvalue weighted by Gasteiger charge is 2.12. The largest absolute Gasteiger partial charge is 0.497 e. The van der Waals surface area contributed by atoms with Crippen LogP contribution in [0.3, 0.4) is 0 Å². The Bertz CT molecular complexity index is 668. The molecule has 2 rings (SSSR count). The van der Waals surface area contributed by atoms with Crippen LogP contribution in [0.25, 0.3) is 0 Å². The minimum atomic E-state index is -0.636. The lowest BCUT2D eigenvalue weighted by atomic mass is 10.2. The van der Waals surface area contributed by atoms with Gasteiger partial charge in [0.1, 0.15) is 5.75 Å². The molecule has 0 aromatic heterocycles. The lowest BCUT2D eigenvalue weighted by Crippen LogP contribution is -2.21. The molecule has 1 amide bonds. The number of methoxy groups -OCH3 is 1. The SMILES string of the molecule is COc1ccc(NC(=O)COC(=O)c2ccccc2N)cc1. The molecule has 2 aromatic carbocycles. The summed E-state index contributed by atoms with van der Waals surface area (Å²) < 4.78 is 9.95. The van der Waals surface area contributed by atoms with E-state index >= 15 is 0 Å². The molecule has 0 radical (unpaired) electrons. The summed E-state index contributed by atoms with van der Waals surface area (Å²) in [4.78, 5) is 23.5. The van der Waals surface area contributed by atoms with E-state index in [0.717, 1.165) is 0 Å². The molecule has 3 N–H and O–H groups in total. The van der Waals surface area contributed by atoms with Gasteiger partial charge in [-0.15, -0.1) is 0 Å². The van der Waals surface area contributed by atoms with Gasteiger partial charge in [0.25, 0.3) is 5.91 Å². The van der Waals surface area contributed by atoms with E-state index in [0.29, 0.717) is 17.1 Å². The average molecular weight is 300 g/mol. The minimum Gasteiger partial charge on any atom is -0.497 e. The first-order chi connectivity index (χ1) is 10.6. The Hall–Kier alpha value is -3.02. The molecule has 0 aliphatic rings. The van der Waals surface area contributed by atoms with Crippen LogP contribution < -0.4 is 15.8 Å². The molecule has 0 aliphatic heterocycles. The van der Waals surface area contributed by atoms with Crippen LogP contribution in [-0.4, -0.2) is 25.6 Å². The van der Waals surface area contributed by atoms with Gasteiger partial charge in [-0.3, -0.25) is 4.79 Å². The van der Waals surface area contributed by atoms with Gasteiger partial charge >= 0.3 is 5.97 Å². The molecule has 0 aliphatic carbocycles. The number of ether oxygens (including phenoxy) is 2. The first-order valence-corrected chi connectivity index (χ1v) is 6.55. The number of esters is 1. The summed E-state index contributed by atoms with van der Waals surface area (Å²) in [7, 11) is 1.56. The summed E-state index contributed by atoms with van der Waals surface area (Å²) >= 11 is 0. The summed E-state index contributed by atoms with van der Waals surface area (Å²) in [6.07, 6.45) is 0. The smallest absolute Gasteiger partial charge is 0.340 e. The Balaban J connectivity index is 1.87. The molecule has 0 heterocycles. The molecule has 0 spiro atoms. The summed E-state index contributed by atoms with van der Waals surface area (Å²) in [6, 6.07) is 13.3. The molecule has 0 fully saturated rings. The standard InChI is InChI=1S/C16H16N2O4/c1-21-12-8-6-11(7-9-12)18-15(19)10-22-16(20)13-4-2-3-5-14(13)17/h2-9H,10,17H2,1H3,(H,18,19). The predicted molar refractivity (Wildman–Crippen MR) is 82.8 cm³/mol. The van der Waals surface area contributed by atoms with Gasteiger partial charge in [-0.05, 0) is 36.4 Å². The maximum absolute atomic E-state index is 11.8. The topological polar surface area (TPSA) is 90.6 Å². The lowest BCUT2D eigenvalue weighted by molar-refractivity contribution is -0.119. The third-order valence-electron chi connectivity index (χ3n) is 2.89. The number of benzene rings is 2. The van der Waals surface area contributed by atoms with E-state index in [4.69, 9.17) is 15.2 Å². The number of carbonyl (C=O) groups is 2. The zero-order chi connectivity index (χ0) is 15.9.